The van der Waals surface area contributed by atoms with Crippen LogP contribution in [0, 0.1) is 0 Å². The Morgan fingerprint density at radius 3 is 2.00 bits per heavy atom. The first-order valence-corrected chi connectivity index (χ1v) is 9.37. The number of carbonyl (C=O) groups is 5. The molecule has 176 valence electrons. The van der Waals surface area contributed by atoms with Gasteiger partial charge in [-0.2, -0.15) is 0 Å². The van der Waals surface area contributed by atoms with Crippen LogP contribution in [0.2, 0.25) is 0 Å². The molecule has 0 aliphatic carbocycles. The number of hydrogen-bond acceptors (Lipinski definition) is 11. The van der Waals surface area contributed by atoms with Crippen molar-refractivity contribution in [2.75, 3.05) is 6.61 Å². The predicted octanol–water partition coefficient (Wildman–Crippen LogP) is -1.54. The summed E-state index contributed by atoms with van der Waals surface area (Å²) in [5.41, 5.74) is 5.57. The van der Waals surface area contributed by atoms with E-state index in [4.69, 9.17) is 34.5 Å². The molecule has 31 heavy (non-hydrogen) atoms. The van der Waals surface area contributed by atoms with Gasteiger partial charge in [-0.25, -0.2) is 0 Å². The van der Waals surface area contributed by atoms with Crippen LogP contribution in [0.5, 0.6) is 0 Å². The number of carboxylic acid groups (broad SMARTS) is 1. The van der Waals surface area contributed by atoms with E-state index >= 15 is 0 Å². The van der Waals surface area contributed by atoms with E-state index < -0.39 is 79.2 Å². The molecule has 7 unspecified atom stereocenters. The fraction of sp³-hybridized carbons (Fsp3) is 0.722. The quantitative estimate of drug-likeness (QED) is 0.272. The number of hydrogen-bond donors (Lipinski definition) is 3. The summed E-state index contributed by atoms with van der Waals surface area (Å²) in [4.78, 5) is 57.6. The number of carbonyl (C=O) groups excluding carboxylic acids is 4. The molecule has 13 nitrogen and oxygen atoms in total. The Hall–Kier alpha value is -2.77. The molecule has 4 N–H and O–H groups in total. The molecular weight excluding hydrogens is 420 g/mol. The normalized spacial score (nSPS) is 27.4. The summed E-state index contributed by atoms with van der Waals surface area (Å²) < 4.78 is 26.8. The van der Waals surface area contributed by atoms with E-state index in [1.54, 1.807) is 0 Å². The van der Waals surface area contributed by atoms with Crippen molar-refractivity contribution in [1.29, 1.82) is 0 Å². The number of esters is 3. The van der Waals surface area contributed by atoms with Gasteiger partial charge in [0.25, 0.3) is 0 Å². The van der Waals surface area contributed by atoms with Gasteiger partial charge in [-0.05, 0) is 6.92 Å². The van der Waals surface area contributed by atoms with Gasteiger partial charge in [0, 0.05) is 27.7 Å². The molecular formula is C18H28N2O11. The van der Waals surface area contributed by atoms with E-state index in [0.717, 1.165) is 20.8 Å². The Kier molecular flexibility index (Phi) is 9.81. The van der Waals surface area contributed by atoms with E-state index in [9.17, 15) is 24.0 Å². The molecule has 0 aromatic heterocycles. The van der Waals surface area contributed by atoms with Crippen molar-refractivity contribution in [3.63, 3.8) is 0 Å². The van der Waals surface area contributed by atoms with Crippen molar-refractivity contribution in [2.24, 2.45) is 5.73 Å². The van der Waals surface area contributed by atoms with Crippen LogP contribution in [0.4, 0.5) is 0 Å². The van der Waals surface area contributed by atoms with Gasteiger partial charge in [-0.15, -0.1) is 0 Å². The monoisotopic (exact) mass is 448 g/mol. The Bertz CT molecular complexity index is 698. The first kappa shape index (κ1) is 26.3. The second-order valence-corrected chi connectivity index (χ2v) is 6.93. The summed E-state index contributed by atoms with van der Waals surface area (Å²) in [7, 11) is 0. The van der Waals surface area contributed by atoms with Crippen LogP contribution < -0.4 is 11.1 Å². The maximum absolute atomic E-state index is 11.8. The standard InChI is InChI=1S/C18H28N2O11/c1-7(13(19)17(25)26)28-18-14(20-8(2)21)16(30-11(5)24)15(29-10(4)23)12(31-18)6-27-9(3)22/h7,12-16,18H,6,19H2,1-5H3,(H,20,21)(H,25,26). The minimum absolute atomic E-state index is 0.406. The summed E-state index contributed by atoms with van der Waals surface area (Å²) >= 11 is 0. The highest BCUT2D eigenvalue weighted by Gasteiger charge is 2.52. The Morgan fingerprint density at radius 1 is 1.00 bits per heavy atom. The number of carboxylic acids is 1. The lowest BCUT2D eigenvalue weighted by atomic mass is 9.96. The van der Waals surface area contributed by atoms with Gasteiger partial charge in [0.05, 0.1) is 6.10 Å². The summed E-state index contributed by atoms with van der Waals surface area (Å²) in [6.07, 6.45) is -6.24. The lowest BCUT2D eigenvalue weighted by Crippen LogP contribution is -2.67. The molecule has 1 aliphatic heterocycles. The molecule has 1 amide bonds. The topological polar surface area (TPSA) is 190 Å². The van der Waals surface area contributed by atoms with Crippen LogP contribution in [-0.4, -0.2) is 84.3 Å². The fourth-order valence-electron chi connectivity index (χ4n) is 2.90. The summed E-state index contributed by atoms with van der Waals surface area (Å²) in [5.74, 6) is -4.07. The third kappa shape index (κ3) is 8.11. The van der Waals surface area contributed by atoms with Crippen LogP contribution in [0.25, 0.3) is 0 Å². The molecule has 1 rings (SSSR count). The van der Waals surface area contributed by atoms with Crippen LogP contribution >= 0.6 is 0 Å². The second kappa shape index (κ2) is 11.6. The van der Waals surface area contributed by atoms with Crippen LogP contribution in [0.1, 0.15) is 34.6 Å². The molecule has 0 spiro atoms. The van der Waals surface area contributed by atoms with Crippen molar-refractivity contribution >= 4 is 29.8 Å². The number of amides is 1. The van der Waals surface area contributed by atoms with Gasteiger partial charge in [0.1, 0.15) is 24.8 Å². The number of aliphatic carboxylic acids is 1. The SMILES string of the molecule is CC(=O)NC1C(OC(C)C(N)C(=O)O)OC(COC(C)=O)C(OC(C)=O)C1OC(C)=O. The maximum Gasteiger partial charge on any atom is 0.323 e. The smallest absolute Gasteiger partial charge is 0.323 e. The van der Waals surface area contributed by atoms with Gasteiger partial charge < -0.3 is 39.8 Å². The lowest BCUT2D eigenvalue weighted by Gasteiger charge is -2.45. The molecule has 0 bridgehead atoms. The average Bonchev–Trinajstić information content (AvgIpc) is 2.62. The molecule has 13 heteroatoms. The second-order valence-electron chi connectivity index (χ2n) is 6.93. The van der Waals surface area contributed by atoms with Gasteiger partial charge in [-0.1, -0.05) is 0 Å². The van der Waals surface area contributed by atoms with E-state index in [-0.39, 0.29) is 0 Å². The van der Waals surface area contributed by atoms with Gasteiger partial charge >= 0.3 is 23.9 Å². The molecule has 0 aromatic carbocycles. The van der Waals surface area contributed by atoms with Crippen molar-refractivity contribution < 1.29 is 52.8 Å². The highest BCUT2D eigenvalue weighted by molar-refractivity contribution is 5.74. The highest BCUT2D eigenvalue weighted by atomic mass is 16.7. The zero-order valence-electron chi connectivity index (χ0n) is 17.9. The van der Waals surface area contributed by atoms with Crippen LogP contribution in [-0.2, 0) is 47.7 Å². The van der Waals surface area contributed by atoms with E-state index in [1.165, 1.54) is 13.8 Å². The van der Waals surface area contributed by atoms with Crippen molar-refractivity contribution in [1.82, 2.24) is 5.32 Å². The van der Waals surface area contributed by atoms with Gasteiger partial charge in [-0.3, -0.25) is 24.0 Å². The molecule has 1 heterocycles. The highest BCUT2D eigenvalue weighted by Crippen LogP contribution is 2.28. The van der Waals surface area contributed by atoms with Crippen molar-refractivity contribution in [2.45, 2.75) is 77.4 Å². The van der Waals surface area contributed by atoms with E-state index in [0.29, 0.717) is 0 Å². The lowest BCUT2D eigenvalue weighted by molar-refractivity contribution is -0.287. The average molecular weight is 448 g/mol. The van der Waals surface area contributed by atoms with Gasteiger partial charge in [0.15, 0.2) is 18.5 Å². The first-order chi connectivity index (χ1) is 14.3. The predicted molar refractivity (Wildman–Crippen MR) is 100 cm³/mol. The van der Waals surface area contributed by atoms with E-state index in [2.05, 4.69) is 5.32 Å². The molecule has 0 saturated carbocycles. The molecule has 7 atom stereocenters. The minimum atomic E-state index is -1.44. The Balaban J connectivity index is 3.35. The Labute approximate surface area is 178 Å². The molecule has 1 aliphatic rings. The Morgan fingerprint density at radius 2 is 1.55 bits per heavy atom. The third-order valence-corrected chi connectivity index (χ3v) is 4.21. The zero-order valence-corrected chi connectivity index (χ0v) is 17.9. The van der Waals surface area contributed by atoms with Crippen LogP contribution in [0.15, 0.2) is 0 Å². The molecule has 0 aromatic rings. The fourth-order valence-corrected chi connectivity index (χ4v) is 2.90. The number of rotatable bonds is 9. The molecule has 1 saturated heterocycles. The molecule has 1 fully saturated rings. The van der Waals surface area contributed by atoms with Crippen molar-refractivity contribution in [3.8, 4) is 0 Å². The van der Waals surface area contributed by atoms with Gasteiger partial charge in [0.2, 0.25) is 5.91 Å². The van der Waals surface area contributed by atoms with E-state index in [1.807, 2.05) is 0 Å². The maximum atomic E-state index is 11.8. The third-order valence-electron chi connectivity index (χ3n) is 4.21. The number of ether oxygens (including phenoxy) is 5. The summed E-state index contributed by atoms with van der Waals surface area (Å²) in [5, 5.41) is 11.6. The first-order valence-electron chi connectivity index (χ1n) is 9.37. The van der Waals surface area contributed by atoms with Crippen LogP contribution in [0.3, 0.4) is 0 Å². The zero-order chi connectivity index (χ0) is 23.9. The minimum Gasteiger partial charge on any atom is -0.480 e. The largest absolute Gasteiger partial charge is 0.480 e. The summed E-state index contributed by atoms with van der Waals surface area (Å²) in [6.45, 7) is 5.50. The van der Waals surface area contributed by atoms with Crippen molar-refractivity contribution in [3.05, 3.63) is 0 Å². The summed E-state index contributed by atoms with van der Waals surface area (Å²) in [6, 6.07) is -2.64. The number of nitrogens with one attached hydrogen (secondary N) is 1. The molecule has 0 radical (unpaired) electrons. The number of nitrogens with two attached hydrogens (primary N) is 1.